The van der Waals surface area contributed by atoms with Crippen molar-refractivity contribution in [2.75, 3.05) is 5.32 Å². The summed E-state index contributed by atoms with van der Waals surface area (Å²) in [6, 6.07) is 8.07. The predicted molar refractivity (Wildman–Crippen MR) is 79.1 cm³/mol. The lowest BCUT2D eigenvalue weighted by molar-refractivity contribution is 0.869. The van der Waals surface area contributed by atoms with Gasteiger partial charge in [0.05, 0.1) is 10.4 Å². The van der Waals surface area contributed by atoms with E-state index in [1.165, 1.54) is 10.4 Å². The molecule has 0 bridgehead atoms. The van der Waals surface area contributed by atoms with Crippen LogP contribution in [0.3, 0.4) is 0 Å². The minimum atomic E-state index is 0.135. The van der Waals surface area contributed by atoms with Crippen LogP contribution < -0.4 is 5.32 Å². The quantitative estimate of drug-likeness (QED) is 0.795. The van der Waals surface area contributed by atoms with Gasteiger partial charge in [-0.3, -0.25) is 0 Å². The van der Waals surface area contributed by atoms with Crippen LogP contribution >= 0.6 is 22.9 Å². The van der Waals surface area contributed by atoms with E-state index >= 15 is 0 Å². The van der Waals surface area contributed by atoms with E-state index in [0.29, 0.717) is 5.95 Å². The molecule has 0 radical (unpaired) electrons. The van der Waals surface area contributed by atoms with Crippen molar-refractivity contribution in [1.29, 1.82) is 0 Å². The SMILES string of the molecule is Cc1ccn2nc(NC(C)c3ccc(Cl)s3)nc2c1. The molecule has 6 heteroatoms. The summed E-state index contributed by atoms with van der Waals surface area (Å²) in [7, 11) is 0. The summed E-state index contributed by atoms with van der Waals surface area (Å²) in [6.07, 6.45) is 1.91. The van der Waals surface area contributed by atoms with Crippen LogP contribution in [-0.4, -0.2) is 14.6 Å². The van der Waals surface area contributed by atoms with Crippen molar-refractivity contribution >= 4 is 34.5 Å². The van der Waals surface area contributed by atoms with E-state index in [0.717, 1.165) is 9.98 Å². The third-order valence-corrected chi connectivity index (χ3v) is 4.27. The zero-order valence-corrected chi connectivity index (χ0v) is 12.2. The number of hydrogen-bond donors (Lipinski definition) is 1. The largest absolute Gasteiger partial charge is 0.346 e. The van der Waals surface area contributed by atoms with Gasteiger partial charge in [-0.25, -0.2) is 4.52 Å². The Morgan fingerprint density at radius 2 is 2.21 bits per heavy atom. The third-order valence-electron chi connectivity index (χ3n) is 2.86. The number of halogens is 1. The van der Waals surface area contributed by atoms with Crippen molar-refractivity contribution in [2.24, 2.45) is 0 Å². The van der Waals surface area contributed by atoms with Crippen LogP contribution in [0.1, 0.15) is 23.4 Å². The van der Waals surface area contributed by atoms with E-state index in [9.17, 15) is 0 Å². The van der Waals surface area contributed by atoms with Crippen molar-refractivity contribution < 1.29 is 0 Å². The molecule has 3 aromatic rings. The van der Waals surface area contributed by atoms with Crippen LogP contribution in [0, 0.1) is 6.92 Å². The summed E-state index contributed by atoms with van der Waals surface area (Å²) in [6.45, 7) is 4.11. The van der Waals surface area contributed by atoms with Gasteiger partial charge in [0.1, 0.15) is 0 Å². The molecule has 3 aromatic heterocycles. The molecule has 0 amide bonds. The van der Waals surface area contributed by atoms with Crippen LogP contribution in [0.4, 0.5) is 5.95 Å². The Bertz CT molecular complexity index is 718. The fraction of sp³-hybridized carbons (Fsp3) is 0.231. The molecule has 0 aliphatic carbocycles. The summed E-state index contributed by atoms with van der Waals surface area (Å²) in [4.78, 5) is 5.62. The van der Waals surface area contributed by atoms with E-state index in [-0.39, 0.29) is 6.04 Å². The molecule has 1 unspecified atom stereocenters. The van der Waals surface area contributed by atoms with Crippen LogP contribution in [-0.2, 0) is 0 Å². The molecular formula is C13H13ClN4S. The number of nitrogens with one attached hydrogen (secondary N) is 1. The Labute approximate surface area is 120 Å². The average Bonchev–Trinajstić information content (AvgIpc) is 2.94. The summed E-state index contributed by atoms with van der Waals surface area (Å²) >= 11 is 7.51. The Morgan fingerprint density at radius 1 is 1.37 bits per heavy atom. The molecule has 1 N–H and O–H groups in total. The highest BCUT2D eigenvalue weighted by Gasteiger charge is 2.11. The maximum atomic E-state index is 5.94. The molecule has 4 nitrogen and oxygen atoms in total. The van der Waals surface area contributed by atoms with Gasteiger partial charge in [-0.1, -0.05) is 11.6 Å². The fourth-order valence-corrected chi connectivity index (χ4v) is 2.93. The standard InChI is InChI=1S/C13H13ClN4S/c1-8-5-6-18-12(7-8)16-13(17-18)15-9(2)10-3-4-11(14)19-10/h3-7,9H,1-2H3,(H,15,17). The van der Waals surface area contributed by atoms with E-state index in [2.05, 4.69) is 22.3 Å². The van der Waals surface area contributed by atoms with E-state index in [1.54, 1.807) is 15.9 Å². The number of pyridine rings is 1. The molecule has 0 spiro atoms. The fourth-order valence-electron chi connectivity index (χ4n) is 1.87. The molecule has 0 fully saturated rings. The van der Waals surface area contributed by atoms with Crippen molar-refractivity contribution in [3.63, 3.8) is 0 Å². The van der Waals surface area contributed by atoms with Gasteiger partial charge in [0.25, 0.3) is 0 Å². The zero-order valence-electron chi connectivity index (χ0n) is 10.6. The lowest BCUT2D eigenvalue weighted by Crippen LogP contribution is -2.06. The summed E-state index contributed by atoms with van der Waals surface area (Å²) < 4.78 is 2.56. The highest BCUT2D eigenvalue weighted by Crippen LogP contribution is 2.28. The van der Waals surface area contributed by atoms with Crippen molar-refractivity contribution in [1.82, 2.24) is 14.6 Å². The number of fused-ring (bicyclic) bond motifs is 1. The number of thiophene rings is 1. The highest BCUT2D eigenvalue weighted by atomic mass is 35.5. The first kappa shape index (κ1) is 12.4. The van der Waals surface area contributed by atoms with Gasteiger partial charge >= 0.3 is 0 Å². The van der Waals surface area contributed by atoms with Crippen LogP contribution in [0.25, 0.3) is 5.65 Å². The molecule has 0 aliphatic rings. The number of anilines is 1. The van der Waals surface area contributed by atoms with Crippen LogP contribution in [0.2, 0.25) is 4.34 Å². The molecule has 0 aliphatic heterocycles. The molecule has 3 heterocycles. The van der Waals surface area contributed by atoms with Gasteiger partial charge in [-0.05, 0) is 43.7 Å². The van der Waals surface area contributed by atoms with Crippen molar-refractivity contribution in [2.45, 2.75) is 19.9 Å². The summed E-state index contributed by atoms with van der Waals surface area (Å²) in [5.74, 6) is 0.627. The number of hydrogen-bond acceptors (Lipinski definition) is 4. The second kappa shape index (κ2) is 4.83. The van der Waals surface area contributed by atoms with Gasteiger partial charge in [0.2, 0.25) is 5.95 Å². The maximum absolute atomic E-state index is 5.94. The van der Waals surface area contributed by atoms with Gasteiger partial charge < -0.3 is 5.32 Å². The average molecular weight is 293 g/mol. The lowest BCUT2D eigenvalue weighted by atomic mass is 10.3. The Morgan fingerprint density at radius 3 is 2.95 bits per heavy atom. The monoisotopic (exact) mass is 292 g/mol. The minimum absolute atomic E-state index is 0.135. The van der Waals surface area contributed by atoms with Gasteiger partial charge in [-0.2, -0.15) is 4.98 Å². The first-order valence-electron chi connectivity index (χ1n) is 5.96. The molecule has 98 valence electrons. The smallest absolute Gasteiger partial charge is 0.243 e. The third kappa shape index (κ3) is 2.57. The topological polar surface area (TPSA) is 42.2 Å². The molecule has 19 heavy (non-hydrogen) atoms. The molecule has 3 rings (SSSR count). The van der Waals surface area contributed by atoms with Crippen LogP contribution in [0.15, 0.2) is 30.5 Å². The number of nitrogens with zero attached hydrogens (tertiary/aromatic N) is 3. The van der Waals surface area contributed by atoms with E-state index < -0.39 is 0 Å². The van der Waals surface area contributed by atoms with E-state index in [1.807, 2.05) is 37.4 Å². The lowest BCUT2D eigenvalue weighted by Gasteiger charge is -2.09. The second-order valence-corrected chi connectivity index (χ2v) is 6.20. The maximum Gasteiger partial charge on any atom is 0.243 e. The first-order valence-corrected chi connectivity index (χ1v) is 7.16. The Kier molecular flexibility index (Phi) is 3.16. The van der Waals surface area contributed by atoms with Crippen molar-refractivity contribution in [3.8, 4) is 0 Å². The summed E-state index contributed by atoms with van der Waals surface area (Å²) in [5.41, 5.74) is 2.02. The number of aromatic nitrogens is 3. The van der Waals surface area contributed by atoms with Crippen molar-refractivity contribution in [3.05, 3.63) is 45.2 Å². The van der Waals surface area contributed by atoms with Crippen LogP contribution in [0.5, 0.6) is 0 Å². The molecular weight excluding hydrogens is 280 g/mol. The number of aryl methyl sites for hydroxylation is 1. The normalized spacial score (nSPS) is 12.8. The second-order valence-electron chi connectivity index (χ2n) is 4.45. The van der Waals surface area contributed by atoms with Gasteiger partial charge in [0.15, 0.2) is 5.65 Å². The van der Waals surface area contributed by atoms with Gasteiger partial charge in [0, 0.05) is 11.1 Å². The highest BCUT2D eigenvalue weighted by molar-refractivity contribution is 7.16. The minimum Gasteiger partial charge on any atom is -0.346 e. The van der Waals surface area contributed by atoms with Gasteiger partial charge in [-0.15, -0.1) is 16.4 Å². The molecule has 0 saturated carbocycles. The number of rotatable bonds is 3. The molecule has 0 aromatic carbocycles. The predicted octanol–water partition coefficient (Wildman–Crippen LogP) is 3.93. The first-order chi connectivity index (χ1) is 9.11. The van der Waals surface area contributed by atoms with E-state index in [4.69, 9.17) is 11.6 Å². The Hall–Kier alpha value is -1.59. The molecule has 1 atom stereocenters. The molecule has 0 saturated heterocycles. The summed E-state index contributed by atoms with van der Waals surface area (Å²) in [5, 5.41) is 7.68. The zero-order chi connectivity index (χ0) is 13.4. The Balaban J connectivity index is 1.85.